The molecule has 0 aliphatic carbocycles. The van der Waals surface area contributed by atoms with E-state index in [2.05, 4.69) is 55.6 Å². The number of carbonyl (C=O) groups excluding carboxylic acids is 1. The largest absolute Gasteiger partial charge is 0.488 e. The van der Waals surface area contributed by atoms with E-state index < -0.39 is 0 Å². The lowest BCUT2D eigenvalue weighted by molar-refractivity contribution is -0.134. The van der Waals surface area contributed by atoms with Crippen LogP contribution in [0.15, 0.2) is 30.6 Å². The minimum atomic E-state index is -0.308. The molecule has 5 heteroatoms. The maximum atomic E-state index is 11.5. The van der Waals surface area contributed by atoms with Gasteiger partial charge >= 0.3 is 5.97 Å². The summed E-state index contributed by atoms with van der Waals surface area (Å²) in [6.07, 6.45) is 4.96. The van der Waals surface area contributed by atoms with Gasteiger partial charge in [-0.2, -0.15) is 0 Å². The molecule has 0 saturated heterocycles. The Hall–Kier alpha value is -2.87. The smallest absolute Gasteiger partial charge is 0.312 e. The second-order valence-electron chi connectivity index (χ2n) is 8.35. The Morgan fingerprint density at radius 2 is 1.96 bits per heavy atom. The Morgan fingerprint density at radius 3 is 2.64 bits per heavy atom. The van der Waals surface area contributed by atoms with Gasteiger partial charge in [0.2, 0.25) is 5.88 Å². The SMILES string of the molecule is CCCC(=O)Oc1cnc(C#Cc2ccc3c(c2)C(C)(C)CC(C)(C)O3)cn1. The molecule has 1 aromatic carbocycles. The summed E-state index contributed by atoms with van der Waals surface area (Å²) in [7, 11) is 0. The first-order valence-corrected chi connectivity index (χ1v) is 9.57. The van der Waals surface area contributed by atoms with Crippen molar-refractivity contribution in [2.45, 2.75) is 64.9 Å². The second kappa shape index (κ2) is 7.63. The van der Waals surface area contributed by atoms with Gasteiger partial charge < -0.3 is 9.47 Å². The standard InChI is InChI=1S/C23H26N2O3/c1-6-7-21(26)27-20-14-24-17(13-25-20)10-8-16-9-11-19-18(12-16)22(2,3)15-23(4,5)28-19/h9,11-14H,6-7,15H2,1-5H3. The first kappa shape index (κ1) is 19.9. The lowest BCUT2D eigenvalue weighted by Crippen LogP contribution is -2.41. The number of esters is 1. The van der Waals surface area contributed by atoms with E-state index in [-0.39, 0.29) is 22.9 Å². The normalized spacial score (nSPS) is 16.2. The third-order valence-electron chi connectivity index (χ3n) is 4.60. The van der Waals surface area contributed by atoms with Crippen molar-refractivity contribution in [1.82, 2.24) is 9.97 Å². The van der Waals surface area contributed by atoms with Crippen molar-refractivity contribution in [1.29, 1.82) is 0 Å². The lowest BCUT2D eigenvalue weighted by atomic mass is 9.73. The van der Waals surface area contributed by atoms with Gasteiger partial charge in [-0.1, -0.05) is 26.7 Å². The van der Waals surface area contributed by atoms with Crippen LogP contribution in [0.3, 0.4) is 0 Å². The zero-order chi connectivity index (χ0) is 20.4. The van der Waals surface area contributed by atoms with Gasteiger partial charge in [0.05, 0.1) is 12.4 Å². The van der Waals surface area contributed by atoms with E-state index in [1.807, 2.05) is 19.1 Å². The second-order valence-corrected chi connectivity index (χ2v) is 8.35. The molecule has 0 spiro atoms. The molecule has 0 N–H and O–H groups in total. The van der Waals surface area contributed by atoms with Crippen molar-refractivity contribution in [2.24, 2.45) is 0 Å². The molecule has 5 nitrogen and oxygen atoms in total. The third-order valence-corrected chi connectivity index (χ3v) is 4.60. The Morgan fingerprint density at radius 1 is 1.18 bits per heavy atom. The van der Waals surface area contributed by atoms with Gasteiger partial charge in [-0.05, 0) is 56.2 Å². The number of rotatable bonds is 3. The molecule has 2 aromatic rings. The fourth-order valence-corrected chi connectivity index (χ4v) is 3.66. The Labute approximate surface area is 166 Å². The predicted octanol–water partition coefficient (Wildman–Crippen LogP) is 4.42. The topological polar surface area (TPSA) is 61.3 Å². The van der Waals surface area contributed by atoms with E-state index in [1.165, 1.54) is 18.0 Å². The third kappa shape index (κ3) is 4.69. The number of hydrogen-bond donors (Lipinski definition) is 0. The van der Waals surface area contributed by atoms with Gasteiger partial charge in [-0.3, -0.25) is 4.79 Å². The molecule has 1 aliphatic rings. The molecule has 0 fully saturated rings. The highest BCUT2D eigenvalue weighted by molar-refractivity contribution is 5.71. The van der Waals surface area contributed by atoms with Crippen LogP contribution in [-0.2, 0) is 10.2 Å². The van der Waals surface area contributed by atoms with Crippen molar-refractivity contribution in [3.05, 3.63) is 47.4 Å². The zero-order valence-corrected chi connectivity index (χ0v) is 17.1. The summed E-state index contributed by atoms with van der Waals surface area (Å²) in [5, 5.41) is 0. The van der Waals surface area contributed by atoms with Gasteiger partial charge in [-0.15, -0.1) is 0 Å². The molecule has 28 heavy (non-hydrogen) atoms. The minimum Gasteiger partial charge on any atom is -0.488 e. The van der Waals surface area contributed by atoms with E-state index >= 15 is 0 Å². The average molecular weight is 378 g/mol. The molecule has 0 saturated carbocycles. The van der Waals surface area contributed by atoms with Crippen LogP contribution >= 0.6 is 0 Å². The summed E-state index contributed by atoms with van der Waals surface area (Å²) in [6, 6.07) is 6.04. The van der Waals surface area contributed by atoms with Crippen LogP contribution in [0, 0.1) is 11.8 Å². The molecule has 0 radical (unpaired) electrons. The first-order chi connectivity index (χ1) is 13.2. The van der Waals surface area contributed by atoms with Gasteiger partial charge in [0.1, 0.15) is 17.0 Å². The molecule has 146 valence electrons. The first-order valence-electron chi connectivity index (χ1n) is 9.57. The highest BCUT2D eigenvalue weighted by Gasteiger charge is 2.38. The molecule has 1 aromatic heterocycles. The van der Waals surface area contributed by atoms with Crippen LogP contribution in [-0.4, -0.2) is 21.5 Å². The quantitative estimate of drug-likeness (QED) is 0.584. The number of aromatic nitrogens is 2. The Kier molecular flexibility index (Phi) is 5.42. The molecule has 0 amide bonds. The minimum absolute atomic E-state index is 0.0125. The van der Waals surface area contributed by atoms with Crippen molar-refractivity contribution < 1.29 is 14.3 Å². The molecule has 0 unspecified atom stereocenters. The van der Waals surface area contributed by atoms with E-state index in [0.717, 1.165) is 24.2 Å². The fourth-order valence-electron chi connectivity index (χ4n) is 3.66. The fraction of sp³-hybridized carbons (Fsp3) is 0.435. The maximum absolute atomic E-state index is 11.5. The number of fused-ring (bicyclic) bond motifs is 1. The van der Waals surface area contributed by atoms with Crippen LogP contribution in [0.2, 0.25) is 0 Å². The lowest BCUT2D eigenvalue weighted by Gasteiger charge is -2.42. The van der Waals surface area contributed by atoms with E-state index in [9.17, 15) is 4.79 Å². The summed E-state index contributed by atoms with van der Waals surface area (Å²) >= 11 is 0. The zero-order valence-electron chi connectivity index (χ0n) is 17.1. The molecular weight excluding hydrogens is 352 g/mol. The molecule has 1 aliphatic heterocycles. The monoisotopic (exact) mass is 378 g/mol. The number of nitrogens with zero attached hydrogens (tertiary/aromatic N) is 2. The number of hydrogen-bond acceptors (Lipinski definition) is 5. The summed E-state index contributed by atoms with van der Waals surface area (Å²) in [5.41, 5.74) is 2.42. The van der Waals surface area contributed by atoms with E-state index in [0.29, 0.717) is 12.1 Å². The van der Waals surface area contributed by atoms with Crippen molar-refractivity contribution in [2.75, 3.05) is 0 Å². The van der Waals surface area contributed by atoms with Gasteiger partial charge in [0, 0.05) is 17.5 Å². The number of ether oxygens (including phenoxy) is 2. The van der Waals surface area contributed by atoms with Crippen LogP contribution < -0.4 is 9.47 Å². The van der Waals surface area contributed by atoms with Gasteiger partial charge in [0.25, 0.3) is 0 Å². The molecular formula is C23H26N2O3. The number of carbonyl (C=O) groups is 1. The molecule has 2 heterocycles. The van der Waals surface area contributed by atoms with Crippen molar-refractivity contribution in [3.8, 4) is 23.5 Å². The summed E-state index contributed by atoms with van der Waals surface area (Å²) < 4.78 is 11.2. The highest BCUT2D eigenvalue weighted by atomic mass is 16.5. The summed E-state index contributed by atoms with van der Waals surface area (Å²) in [6.45, 7) is 10.6. The Balaban J connectivity index is 1.77. The maximum Gasteiger partial charge on any atom is 0.312 e. The number of benzene rings is 1. The van der Waals surface area contributed by atoms with E-state index in [4.69, 9.17) is 9.47 Å². The summed E-state index contributed by atoms with van der Waals surface area (Å²) in [4.78, 5) is 19.8. The molecule has 3 rings (SSSR count). The van der Waals surface area contributed by atoms with Crippen LogP contribution in [0.25, 0.3) is 0 Å². The van der Waals surface area contributed by atoms with E-state index in [1.54, 1.807) is 0 Å². The van der Waals surface area contributed by atoms with Crippen molar-refractivity contribution in [3.63, 3.8) is 0 Å². The molecule has 0 atom stereocenters. The highest BCUT2D eigenvalue weighted by Crippen LogP contribution is 2.44. The van der Waals surface area contributed by atoms with Crippen LogP contribution in [0.1, 0.15) is 70.7 Å². The average Bonchev–Trinajstić information content (AvgIpc) is 2.60. The summed E-state index contributed by atoms with van der Waals surface area (Å²) in [5.74, 6) is 6.95. The van der Waals surface area contributed by atoms with Gasteiger partial charge in [0.15, 0.2) is 0 Å². The Bertz CT molecular complexity index is 935. The van der Waals surface area contributed by atoms with Crippen LogP contribution in [0.4, 0.5) is 0 Å². The van der Waals surface area contributed by atoms with Gasteiger partial charge in [-0.25, -0.2) is 9.97 Å². The molecule has 0 bridgehead atoms. The van der Waals surface area contributed by atoms with Crippen molar-refractivity contribution >= 4 is 5.97 Å². The predicted molar refractivity (Wildman–Crippen MR) is 107 cm³/mol. The van der Waals surface area contributed by atoms with Crippen LogP contribution in [0.5, 0.6) is 11.6 Å².